The van der Waals surface area contributed by atoms with Crippen molar-refractivity contribution in [3.63, 3.8) is 0 Å². The molecule has 3 aromatic rings. The number of alkyl halides is 2. The maximum Gasteiger partial charge on any atom is 0.257 e. The fourth-order valence-electron chi connectivity index (χ4n) is 3.68. The topological polar surface area (TPSA) is 84.2 Å². The van der Waals surface area contributed by atoms with E-state index >= 15 is 0 Å². The van der Waals surface area contributed by atoms with Gasteiger partial charge in [-0.1, -0.05) is 46.4 Å². The first-order chi connectivity index (χ1) is 16.8. The van der Waals surface area contributed by atoms with Crippen molar-refractivity contribution in [2.24, 2.45) is 5.92 Å². The Morgan fingerprint density at radius 2 is 1.53 bits per heavy atom. The van der Waals surface area contributed by atoms with E-state index in [1.165, 1.54) is 30.3 Å². The number of nitrogen functional groups attached to an aromatic ring is 1. The Balaban J connectivity index is 1.54. The molecule has 1 aliphatic carbocycles. The molecular weight excluding hydrogens is 601 g/mol. The van der Waals surface area contributed by atoms with Gasteiger partial charge in [-0.3, -0.25) is 9.59 Å². The minimum atomic E-state index is -1.46. The lowest BCUT2D eigenvalue weighted by atomic mass is 10.1. The molecule has 2 atom stereocenters. The quantitative estimate of drug-likeness (QED) is 0.155. The van der Waals surface area contributed by atoms with Gasteiger partial charge in [0.1, 0.15) is 15.8 Å². The summed E-state index contributed by atoms with van der Waals surface area (Å²) in [5.41, 5.74) is 4.85. The van der Waals surface area contributed by atoms with Crippen LogP contribution in [0.25, 0.3) is 0 Å². The zero-order valence-corrected chi connectivity index (χ0v) is 22.1. The molecule has 0 unspecified atom stereocenters. The molecule has 36 heavy (non-hydrogen) atoms. The summed E-state index contributed by atoms with van der Waals surface area (Å²) in [6.45, 7) is 0. The first kappa shape index (κ1) is 27.0. The number of rotatable bonds is 5. The van der Waals surface area contributed by atoms with Crippen LogP contribution in [0.2, 0.25) is 20.1 Å². The van der Waals surface area contributed by atoms with E-state index in [0.717, 1.165) is 12.1 Å². The highest BCUT2D eigenvalue weighted by Gasteiger charge is 2.67. The van der Waals surface area contributed by atoms with Crippen LogP contribution in [0, 0.1) is 17.6 Å². The van der Waals surface area contributed by atoms with Crippen molar-refractivity contribution in [1.29, 1.82) is 0 Å². The number of hydrogen-bond acceptors (Lipinski definition) is 3. The summed E-state index contributed by atoms with van der Waals surface area (Å²) in [6, 6.07) is 8.96. The van der Waals surface area contributed by atoms with Gasteiger partial charge in [0.2, 0.25) is 5.91 Å². The van der Waals surface area contributed by atoms with Crippen LogP contribution < -0.4 is 16.4 Å². The average molecular weight is 614 g/mol. The normalized spacial score (nSPS) is 18.0. The van der Waals surface area contributed by atoms with Crippen molar-refractivity contribution < 1.29 is 18.4 Å². The van der Waals surface area contributed by atoms with Gasteiger partial charge in [0.05, 0.1) is 37.3 Å². The van der Waals surface area contributed by atoms with Gasteiger partial charge >= 0.3 is 0 Å². The Bertz CT molecular complexity index is 1400. The highest BCUT2D eigenvalue weighted by Crippen LogP contribution is 2.65. The summed E-state index contributed by atoms with van der Waals surface area (Å²) in [4.78, 5) is 25.7. The molecule has 1 saturated carbocycles. The largest absolute Gasteiger partial charge is 0.396 e. The minimum Gasteiger partial charge on any atom is -0.396 e. The van der Waals surface area contributed by atoms with Gasteiger partial charge in [-0.25, -0.2) is 8.78 Å². The number of amides is 2. The Morgan fingerprint density at radius 3 is 2.17 bits per heavy atom. The lowest BCUT2D eigenvalue weighted by molar-refractivity contribution is -0.117. The van der Waals surface area contributed by atoms with E-state index in [-0.39, 0.29) is 37.0 Å². The van der Waals surface area contributed by atoms with Gasteiger partial charge < -0.3 is 16.4 Å². The first-order valence-electron chi connectivity index (χ1n) is 10.0. The van der Waals surface area contributed by atoms with E-state index in [0.29, 0.717) is 5.56 Å². The number of anilines is 3. The number of carbonyl (C=O) groups is 2. The molecule has 4 rings (SSSR count). The van der Waals surface area contributed by atoms with Crippen LogP contribution in [-0.4, -0.2) is 16.1 Å². The summed E-state index contributed by atoms with van der Waals surface area (Å²) in [5, 5.41) is 5.19. The summed E-state index contributed by atoms with van der Waals surface area (Å²) < 4.78 is 26.8. The zero-order valence-electron chi connectivity index (χ0n) is 17.6. The van der Waals surface area contributed by atoms with Crippen LogP contribution in [0.15, 0.2) is 42.5 Å². The fourth-order valence-corrected chi connectivity index (χ4v) is 5.33. The van der Waals surface area contributed by atoms with Gasteiger partial charge in [0, 0.05) is 11.6 Å². The molecule has 13 heteroatoms. The Morgan fingerprint density at radius 1 is 0.889 bits per heavy atom. The van der Waals surface area contributed by atoms with Crippen molar-refractivity contribution in [2.45, 2.75) is 10.3 Å². The van der Waals surface area contributed by atoms with E-state index in [9.17, 15) is 18.4 Å². The van der Waals surface area contributed by atoms with E-state index in [1.54, 1.807) is 0 Å². The Kier molecular flexibility index (Phi) is 7.55. The molecule has 3 aromatic carbocycles. The van der Waals surface area contributed by atoms with Gasteiger partial charge in [0.25, 0.3) is 5.91 Å². The van der Waals surface area contributed by atoms with Crippen LogP contribution >= 0.6 is 69.6 Å². The van der Waals surface area contributed by atoms with Crippen LogP contribution in [-0.2, 0) is 4.79 Å². The molecule has 0 aliphatic heterocycles. The molecule has 4 N–H and O–H groups in total. The van der Waals surface area contributed by atoms with E-state index < -0.39 is 45.3 Å². The predicted molar refractivity (Wildman–Crippen MR) is 141 cm³/mol. The molecule has 1 fully saturated rings. The van der Waals surface area contributed by atoms with Gasteiger partial charge in [-0.15, -0.1) is 23.2 Å². The Hall–Kier alpha value is -2.00. The molecule has 0 heterocycles. The SMILES string of the molecule is Nc1ccc(F)c(NC(=O)c2cc(NC(=O)[C@H]3[C@H](c4cc(Cl)c(Cl)c(Cl)c4)C3(Cl)Cl)ccc2Cl)c1F. The summed E-state index contributed by atoms with van der Waals surface area (Å²) in [5.74, 6) is -5.19. The molecule has 0 saturated heterocycles. The molecule has 5 nitrogen and oxygen atoms in total. The van der Waals surface area contributed by atoms with Gasteiger partial charge in [-0.2, -0.15) is 0 Å². The third kappa shape index (κ3) is 5.05. The molecule has 188 valence electrons. The number of hydrogen-bond donors (Lipinski definition) is 3. The number of nitrogens with two attached hydrogens (primary N) is 1. The molecule has 0 aromatic heterocycles. The number of benzene rings is 3. The average Bonchev–Trinajstić information content (AvgIpc) is 3.40. The van der Waals surface area contributed by atoms with E-state index in [4.69, 9.17) is 75.3 Å². The first-order valence-corrected chi connectivity index (χ1v) is 12.3. The molecule has 2 amide bonds. The number of halogens is 8. The second-order valence-corrected chi connectivity index (χ2v) is 10.9. The number of nitrogens with one attached hydrogen (secondary N) is 2. The van der Waals surface area contributed by atoms with Crippen molar-refractivity contribution in [3.8, 4) is 0 Å². The summed E-state index contributed by atoms with van der Waals surface area (Å²) in [6.07, 6.45) is 0. The molecule has 0 bridgehead atoms. The van der Waals surface area contributed by atoms with Crippen molar-refractivity contribution >= 4 is 98.5 Å². The molecule has 1 aliphatic rings. The lowest BCUT2D eigenvalue weighted by Gasteiger charge is -2.12. The highest BCUT2D eigenvalue weighted by molar-refractivity contribution is 6.54. The van der Waals surface area contributed by atoms with Crippen LogP contribution in [0.3, 0.4) is 0 Å². The second-order valence-electron chi connectivity index (χ2n) is 7.89. The summed E-state index contributed by atoms with van der Waals surface area (Å²) >= 11 is 37.0. The monoisotopic (exact) mass is 611 g/mol. The maximum atomic E-state index is 14.2. The van der Waals surface area contributed by atoms with E-state index in [2.05, 4.69) is 10.6 Å². The maximum absolute atomic E-state index is 14.2. The smallest absolute Gasteiger partial charge is 0.257 e. The highest BCUT2D eigenvalue weighted by atomic mass is 35.5. The predicted octanol–water partition coefficient (Wildman–Crippen LogP) is 7.94. The molecule has 0 radical (unpaired) electrons. The van der Waals surface area contributed by atoms with Crippen LogP contribution in [0.5, 0.6) is 0 Å². The van der Waals surface area contributed by atoms with Crippen molar-refractivity contribution in [1.82, 2.24) is 0 Å². The fraction of sp³-hybridized carbons (Fsp3) is 0.130. The van der Waals surface area contributed by atoms with E-state index in [1.807, 2.05) is 0 Å². The Labute approximate surface area is 233 Å². The summed E-state index contributed by atoms with van der Waals surface area (Å²) in [7, 11) is 0. The van der Waals surface area contributed by atoms with Crippen molar-refractivity contribution in [3.05, 3.63) is 85.3 Å². The zero-order chi connectivity index (χ0) is 26.5. The van der Waals surface area contributed by atoms with Gasteiger partial charge in [-0.05, 0) is 48.0 Å². The van der Waals surface area contributed by atoms with Crippen LogP contribution in [0.4, 0.5) is 25.8 Å². The standard InChI is InChI=1S/C23H13Cl6F2N3O2/c24-11-2-1-9(7-10(11)21(35)34-20-14(30)3-4-15(32)19(20)31)33-22(36)17-16(23(17,28)29)8-5-12(25)18(27)13(26)6-8/h1-7,16-17H,32H2,(H,33,36)(H,34,35)/t16-,17+/m0/s1. The van der Waals surface area contributed by atoms with Crippen molar-refractivity contribution in [2.75, 3.05) is 16.4 Å². The lowest BCUT2D eigenvalue weighted by Crippen LogP contribution is -2.19. The third-order valence-corrected chi connectivity index (χ3v) is 8.01. The minimum absolute atomic E-state index is 0.0333. The van der Waals surface area contributed by atoms with Crippen LogP contribution in [0.1, 0.15) is 21.8 Å². The number of carbonyl (C=O) groups excluding carboxylic acids is 2. The molecular formula is C23H13Cl6F2N3O2. The second kappa shape index (κ2) is 10.0. The third-order valence-electron chi connectivity index (χ3n) is 5.54. The van der Waals surface area contributed by atoms with Gasteiger partial charge in [0.15, 0.2) is 5.82 Å². The molecule has 0 spiro atoms.